The maximum Gasteiger partial charge on any atom is 0.251 e. The first-order valence-electron chi connectivity index (χ1n) is 7.51. The summed E-state index contributed by atoms with van der Waals surface area (Å²) < 4.78 is 0.0333. The van der Waals surface area contributed by atoms with Crippen molar-refractivity contribution < 1.29 is 9.90 Å². The average molecular weight is 330 g/mol. The van der Waals surface area contributed by atoms with Crippen LogP contribution in [0.4, 0.5) is 0 Å². The first-order chi connectivity index (χ1) is 10.8. The molecule has 1 atom stereocenters. The number of carbonyl (C=O) groups is 1. The van der Waals surface area contributed by atoms with Crippen LogP contribution in [0.3, 0.4) is 0 Å². The van der Waals surface area contributed by atoms with Gasteiger partial charge in [0, 0.05) is 23.1 Å². The molecule has 0 aliphatic carbocycles. The van der Waals surface area contributed by atoms with E-state index in [4.69, 9.17) is 0 Å². The van der Waals surface area contributed by atoms with Gasteiger partial charge in [0.15, 0.2) is 0 Å². The number of thioether (sulfide) groups is 1. The minimum absolute atomic E-state index is 0.0333. The van der Waals surface area contributed by atoms with Gasteiger partial charge in [-0.15, -0.1) is 11.8 Å². The van der Waals surface area contributed by atoms with Crippen LogP contribution in [0.5, 0.6) is 0 Å². The number of aromatic nitrogens is 1. The lowest BCUT2D eigenvalue weighted by Gasteiger charge is -2.17. The monoisotopic (exact) mass is 330 g/mol. The van der Waals surface area contributed by atoms with Gasteiger partial charge in [0.1, 0.15) is 0 Å². The van der Waals surface area contributed by atoms with Crippen molar-refractivity contribution >= 4 is 17.7 Å². The number of nitrogens with zero attached hydrogens (tertiary/aromatic N) is 1. The fourth-order valence-electron chi connectivity index (χ4n) is 2.00. The number of aliphatic hydroxyl groups excluding tert-OH is 1. The minimum Gasteiger partial charge on any atom is -0.387 e. The number of rotatable bonds is 5. The Kier molecular flexibility index (Phi) is 5.80. The molecule has 5 heteroatoms. The van der Waals surface area contributed by atoms with E-state index in [1.54, 1.807) is 30.1 Å². The van der Waals surface area contributed by atoms with E-state index in [0.717, 1.165) is 10.6 Å². The van der Waals surface area contributed by atoms with Gasteiger partial charge in [0.05, 0.1) is 11.1 Å². The van der Waals surface area contributed by atoms with Gasteiger partial charge < -0.3 is 10.4 Å². The fraction of sp³-hybridized carbons (Fsp3) is 0.333. The number of nitrogens with one attached hydrogen (secondary N) is 1. The molecule has 0 saturated heterocycles. The average Bonchev–Trinajstić information content (AvgIpc) is 2.51. The number of benzene rings is 1. The van der Waals surface area contributed by atoms with Gasteiger partial charge in [-0.25, -0.2) is 4.98 Å². The Bertz CT molecular complexity index is 654. The third-order valence-corrected chi connectivity index (χ3v) is 4.09. The topological polar surface area (TPSA) is 62.2 Å². The van der Waals surface area contributed by atoms with Gasteiger partial charge in [-0.1, -0.05) is 51.1 Å². The van der Waals surface area contributed by atoms with Crippen molar-refractivity contribution in [2.45, 2.75) is 36.6 Å². The lowest BCUT2D eigenvalue weighted by Crippen LogP contribution is -2.28. The molecular weight excluding hydrogens is 308 g/mol. The number of aliphatic hydroxyl groups is 1. The summed E-state index contributed by atoms with van der Waals surface area (Å²) in [5.74, 6) is -0.210. The van der Waals surface area contributed by atoms with Crippen molar-refractivity contribution in [3.8, 4) is 0 Å². The zero-order valence-electron chi connectivity index (χ0n) is 13.6. The molecule has 0 aliphatic rings. The van der Waals surface area contributed by atoms with Gasteiger partial charge in [-0.05, 0) is 17.7 Å². The summed E-state index contributed by atoms with van der Waals surface area (Å²) in [6.07, 6.45) is 0.918. The summed E-state index contributed by atoms with van der Waals surface area (Å²) in [7, 11) is 0. The molecule has 2 N–H and O–H groups in total. The Morgan fingerprint density at radius 2 is 1.96 bits per heavy atom. The molecule has 1 unspecified atom stereocenters. The Labute approximate surface area is 141 Å². The van der Waals surface area contributed by atoms with E-state index in [1.807, 2.05) is 30.3 Å². The standard InChI is InChI=1S/C18H22N2O2S/c1-18(2,3)23-16-11-14(9-10-19-16)17(22)20-12-15(21)13-7-5-4-6-8-13/h4-11,15,21H,12H2,1-3H3,(H,20,22). The molecule has 0 saturated carbocycles. The van der Waals surface area contributed by atoms with Crippen LogP contribution in [0.15, 0.2) is 53.7 Å². The highest BCUT2D eigenvalue weighted by Gasteiger charge is 2.15. The summed E-state index contributed by atoms with van der Waals surface area (Å²) in [6.45, 7) is 6.47. The Morgan fingerprint density at radius 3 is 2.61 bits per heavy atom. The van der Waals surface area contributed by atoms with Gasteiger partial charge in [0.2, 0.25) is 0 Å². The molecular formula is C18H22N2O2S. The first kappa shape index (κ1) is 17.5. The molecule has 1 aromatic carbocycles. The van der Waals surface area contributed by atoms with Gasteiger partial charge >= 0.3 is 0 Å². The van der Waals surface area contributed by atoms with E-state index in [9.17, 15) is 9.90 Å². The lowest BCUT2D eigenvalue weighted by atomic mass is 10.1. The van der Waals surface area contributed by atoms with E-state index in [2.05, 4.69) is 31.1 Å². The van der Waals surface area contributed by atoms with E-state index in [-0.39, 0.29) is 17.2 Å². The lowest BCUT2D eigenvalue weighted by molar-refractivity contribution is 0.0916. The summed E-state index contributed by atoms with van der Waals surface area (Å²) in [5.41, 5.74) is 1.33. The van der Waals surface area contributed by atoms with Gasteiger partial charge in [-0.2, -0.15) is 0 Å². The summed E-state index contributed by atoms with van der Waals surface area (Å²) >= 11 is 1.61. The molecule has 0 spiro atoms. The van der Waals surface area contributed by atoms with Crippen LogP contribution < -0.4 is 5.32 Å². The molecule has 23 heavy (non-hydrogen) atoms. The third kappa shape index (κ3) is 5.69. The third-order valence-electron chi connectivity index (χ3n) is 3.05. The number of amides is 1. The van der Waals surface area contributed by atoms with E-state index in [1.165, 1.54) is 0 Å². The first-order valence-corrected chi connectivity index (χ1v) is 8.33. The van der Waals surface area contributed by atoms with Crippen molar-refractivity contribution in [3.05, 3.63) is 59.8 Å². The number of hydrogen-bond donors (Lipinski definition) is 2. The van der Waals surface area contributed by atoms with Crippen LogP contribution in [0, 0.1) is 0 Å². The van der Waals surface area contributed by atoms with Crippen LogP contribution in [0.25, 0.3) is 0 Å². The molecule has 0 bridgehead atoms. The molecule has 1 aromatic heterocycles. The second-order valence-electron chi connectivity index (χ2n) is 6.23. The Hall–Kier alpha value is -1.85. The number of pyridine rings is 1. The predicted molar refractivity (Wildman–Crippen MR) is 93.6 cm³/mol. The molecule has 2 aromatic rings. The van der Waals surface area contributed by atoms with Crippen molar-refractivity contribution in [1.82, 2.24) is 10.3 Å². The maximum absolute atomic E-state index is 12.2. The highest BCUT2D eigenvalue weighted by atomic mass is 32.2. The molecule has 2 rings (SSSR count). The highest BCUT2D eigenvalue weighted by molar-refractivity contribution is 8.00. The number of carbonyl (C=O) groups excluding carboxylic acids is 1. The largest absolute Gasteiger partial charge is 0.387 e. The predicted octanol–water partition coefficient (Wildman–Crippen LogP) is 3.44. The van der Waals surface area contributed by atoms with E-state index >= 15 is 0 Å². The SMILES string of the molecule is CC(C)(C)Sc1cc(C(=O)NCC(O)c2ccccc2)ccn1. The van der Waals surface area contributed by atoms with Gasteiger partial charge in [-0.3, -0.25) is 4.79 Å². The highest BCUT2D eigenvalue weighted by Crippen LogP contribution is 2.30. The molecule has 1 heterocycles. The number of hydrogen-bond acceptors (Lipinski definition) is 4. The smallest absolute Gasteiger partial charge is 0.251 e. The van der Waals surface area contributed by atoms with Crippen molar-refractivity contribution in [2.75, 3.05) is 6.54 Å². The molecule has 0 aliphatic heterocycles. The van der Waals surface area contributed by atoms with Crippen LogP contribution >= 0.6 is 11.8 Å². The quantitative estimate of drug-likeness (QED) is 0.825. The summed E-state index contributed by atoms with van der Waals surface area (Å²) in [6, 6.07) is 12.7. The van der Waals surface area contributed by atoms with Crippen molar-refractivity contribution in [2.24, 2.45) is 0 Å². The van der Waals surface area contributed by atoms with Crippen LogP contribution in [0.1, 0.15) is 42.8 Å². The van der Waals surface area contributed by atoms with Crippen molar-refractivity contribution in [3.63, 3.8) is 0 Å². The molecule has 0 radical (unpaired) electrons. The summed E-state index contributed by atoms with van der Waals surface area (Å²) in [4.78, 5) is 16.5. The van der Waals surface area contributed by atoms with Crippen LogP contribution in [-0.2, 0) is 0 Å². The van der Waals surface area contributed by atoms with Crippen molar-refractivity contribution in [1.29, 1.82) is 0 Å². The fourth-order valence-corrected chi connectivity index (χ4v) is 2.93. The molecule has 0 fully saturated rings. The van der Waals surface area contributed by atoms with E-state index in [0.29, 0.717) is 5.56 Å². The summed E-state index contributed by atoms with van der Waals surface area (Å²) in [5, 5.41) is 13.7. The second-order valence-corrected chi connectivity index (χ2v) is 8.08. The normalized spacial score (nSPS) is 12.7. The second kappa shape index (κ2) is 7.62. The molecule has 122 valence electrons. The van der Waals surface area contributed by atoms with Crippen LogP contribution in [0.2, 0.25) is 0 Å². The Balaban J connectivity index is 1.97. The van der Waals surface area contributed by atoms with Gasteiger partial charge in [0.25, 0.3) is 5.91 Å². The zero-order valence-corrected chi connectivity index (χ0v) is 14.4. The molecule has 1 amide bonds. The Morgan fingerprint density at radius 1 is 1.26 bits per heavy atom. The molecule has 4 nitrogen and oxygen atoms in total. The van der Waals surface area contributed by atoms with E-state index < -0.39 is 6.10 Å². The zero-order chi connectivity index (χ0) is 16.9. The maximum atomic E-state index is 12.2. The van der Waals surface area contributed by atoms with Crippen LogP contribution in [-0.4, -0.2) is 27.3 Å². The minimum atomic E-state index is -0.717.